The van der Waals surface area contributed by atoms with E-state index in [2.05, 4.69) is 21.6 Å². The number of aromatic amines is 2. The van der Waals surface area contributed by atoms with Crippen LogP contribution in [-0.4, -0.2) is 9.36 Å². The van der Waals surface area contributed by atoms with E-state index in [4.69, 9.17) is 0 Å². The standard InChI is InChI=1S/C2H2N2OS2/c5-2-3-1(6)4-7-2/h(H2,3,4,5,6). The number of aromatic nitrogens is 2. The summed E-state index contributed by atoms with van der Waals surface area (Å²) in [6.45, 7) is 0. The lowest BCUT2D eigenvalue weighted by atomic mass is 11.3. The van der Waals surface area contributed by atoms with E-state index in [1.165, 1.54) is 0 Å². The summed E-state index contributed by atoms with van der Waals surface area (Å²) < 4.78 is 2.95. The molecule has 5 heteroatoms. The zero-order chi connectivity index (χ0) is 5.28. The highest BCUT2D eigenvalue weighted by atomic mass is 32.1. The van der Waals surface area contributed by atoms with Crippen molar-refractivity contribution in [2.75, 3.05) is 0 Å². The van der Waals surface area contributed by atoms with Crippen molar-refractivity contribution in [2.45, 2.75) is 0 Å². The minimum absolute atomic E-state index is 0.134. The lowest BCUT2D eigenvalue weighted by Gasteiger charge is -1.53. The average Bonchev–Trinajstić information content (AvgIpc) is 1.87. The maximum Gasteiger partial charge on any atom is 0.322 e. The molecule has 0 bridgehead atoms. The van der Waals surface area contributed by atoms with Gasteiger partial charge in [-0.3, -0.25) is 14.2 Å². The Balaban J connectivity index is 3.59. The zero-order valence-electron chi connectivity index (χ0n) is 3.22. The third kappa shape index (κ3) is 0.971. The normalized spacial score (nSPS) is 9.14. The van der Waals surface area contributed by atoms with Gasteiger partial charge in [-0.1, -0.05) is 0 Å². The van der Waals surface area contributed by atoms with Crippen LogP contribution in [0.25, 0.3) is 0 Å². The Morgan fingerprint density at radius 2 is 2.43 bits per heavy atom. The molecule has 1 aromatic heterocycles. The van der Waals surface area contributed by atoms with Gasteiger partial charge in [-0.2, -0.15) is 0 Å². The van der Waals surface area contributed by atoms with Gasteiger partial charge in [-0.15, -0.1) is 0 Å². The molecule has 7 heavy (non-hydrogen) atoms. The van der Waals surface area contributed by atoms with Gasteiger partial charge in [0, 0.05) is 11.5 Å². The first kappa shape index (κ1) is 4.73. The summed E-state index contributed by atoms with van der Waals surface area (Å²) in [5.41, 5.74) is 0. The molecule has 1 rings (SSSR count). The van der Waals surface area contributed by atoms with Crippen LogP contribution >= 0.6 is 23.8 Å². The Morgan fingerprint density at radius 3 is 2.57 bits per heavy atom. The summed E-state index contributed by atoms with van der Waals surface area (Å²) >= 11 is 5.50. The van der Waals surface area contributed by atoms with E-state index in [9.17, 15) is 4.79 Å². The number of H-pyrrole nitrogens is 2. The van der Waals surface area contributed by atoms with E-state index >= 15 is 0 Å². The molecule has 1 aromatic rings. The van der Waals surface area contributed by atoms with Gasteiger partial charge in [0.25, 0.3) is 0 Å². The van der Waals surface area contributed by atoms with E-state index in [0.29, 0.717) is 4.77 Å². The summed E-state index contributed by atoms with van der Waals surface area (Å²) in [5.74, 6) is 0. The zero-order valence-corrected chi connectivity index (χ0v) is 4.86. The summed E-state index contributed by atoms with van der Waals surface area (Å²) in [6, 6.07) is 0. The molecule has 0 atom stereocenters. The van der Waals surface area contributed by atoms with Gasteiger partial charge in [-0.05, 0) is 12.2 Å². The van der Waals surface area contributed by atoms with Crippen LogP contribution in [0.2, 0.25) is 0 Å². The molecule has 3 nitrogen and oxygen atoms in total. The Morgan fingerprint density at radius 1 is 1.71 bits per heavy atom. The Labute approximate surface area is 48.2 Å². The highest BCUT2D eigenvalue weighted by Gasteiger charge is 1.78. The molecule has 0 saturated carbocycles. The van der Waals surface area contributed by atoms with Crippen molar-refractivity contribution < 1.29 is 0 Å². The molecule has 1 heterocycles. The van der Waals surface area contributed by atoms with Crippen molar-refractivity contribution in [1.82, 2.24) is 9.36 Å². The summed E-state index contributed by atoms with van der Waals surface area (Å²) in [5, 5.41) is 0. The lowest BCUT2D eigenvalue weighted by Crippen LogP contribution is -1.89. The molecule has 0 unspecified atom stereocenters. The SMILES string of the molecule is O=c1[nH]c(=S)[nH]s1. The molecular weight excluding hydrogens is 132 g/mol. The molecule has 38 valence electrons. The van der Waals surface area contributed by atoms with Crippen LogP contribution in [0.3, 0.4) is 0 Å². The van der Waals surface area contributed by atoms with Crippen molar-refractivity contribution in [3.05, 3.63) is 14.4 Å². The fourth-order valence-corrected chi connectivity index (χ4v) is 0.908. The quantitative estimate of drug-likeness (QED) is 0.507. The third-order valence-corrected chi connectivity index (χ3v) is 1.38. The van der Waals surface area contributed by atoms with E-state index in [1.54, 1.807) is 0 Å². The van der Waals surface area contributed by atoms with Crippen LogP contribution in [0.4, 0.5) is 0 Å². The Kier molecular flexibility index (Phi) is 1.07. The number of nitrogens with one attached hydrogen (secondary N) is 2. The second-order valence-electron chi connectivity index (χ2n) is 0.946. The van der Waals surface area contributed by atoms with E-state index in [1.807, 2.05) is 0 Å². The number of hydrogen-bond acceptors (Lipinski definition) is 3. The smallest absolute Gasteiger partial charge is 0.289 e. The van der Waals surface area contributed by atoms with Crippen molar-refractivity contribution in [1.29, 1.82) is 0 Å². The molecular formula is C2H2N2OS2. The molecule has 0 spiro atoms. The molecule has 0 amide bonds. The van der Waals surface area contributed by atoms with Crippen LogP contribution < -0.4 is 4.87 Å². The monoisotopic (exact) mass is 134 g/mol. The Bertz CT molecular complexity index is 218. The predicted molar refractivity (Wildman–Crippen MR) is 30.1 cm³/mol. The van der Waals surface area contributed by atoms with Gasteiger partial charge in [0.1, 0.15) is 0 Å². The van der Waals surface area contributed by atoms with Gasteiger partial charge < -0.3 is 0 Å². The van der Waals surface area contributed by atoms with Crippen molar-refractivity contribution in [3.8, 4) is 0 Å². The fraction of sp³-hybridized carbons (Fsp3) is 0. The molecule has 0 aliphatic carbocycles. The molecule has 0 fully saturated rings. The molecule has 2 N–H and O–H groups in total. The molecule has 0 aromatic carbocycles. The first-order valence-electron chi connectivity index (χ1n) is 1.57. The van der Waals surface area contributed by atoms with Gasteiger partial charge in [0.15, 0.2) is 4.77 Å². The van der Waals surface area contributed by atoms with E-state index < -0.39 is 0 Å². The first-order valence-corrected chi connectivity index (χ1v) is 2.79. The average molecular weight is 134 g/mol. The molecule has 0 radical (unpaired) electrons. The van der Waals surface area contributed by atoms with Crippen LogP contribution in [0.15, 0.2) is 4.79 Å². The largest absolute Gasteiger partial charge is 0.322 e. The number of hydrogen-bond donors (Lipinski definition) is 2. The van der Waals surface area contributed by atoms with Gasteiger partial charge in [0.2, 0.25) is 0 Å². The Hall–Kier alpha value is -0.420. The van der Waals surface area contributed by atoms with Gasteiger partial charge in [-0.25, -0.2) is 0 Å². The maximum atomic E-state index is 10.2. The van der Waals surface area contributed by atoms with Gasteiger partial charge >= 0.3 is 4.87 Å². The predicted octanol–water partition coefficient (Wildman–Crippen LogP) is 0.494. The minimum atomic E-state index is -0.134. The fourth-order valence-electron chi connectivity index (χ4n) is 0.236. The maximum absolute atomic E-state index is 10.2. The summed E-state index contributed by atoms with van der Waals surface area (Å²) in [6.07, 6.45) is 0. The van der Waals surface area contributed by atoms with Crippen LogP contribution in [0.5, 0.6) is 0 Å². The van der Waals surface area contributed by atoms with E-state index in [0.717, 1.165) is 11.5 Å². The van der Waals surface area contributed by atoms with Crippen LogP contribution in [0.1, 0.15) is 0 Å². The molecule has 0 aliphatic rings. The molecule has 0 saturated heterocycles. The lowest BCUT2D eigenvalue weighted by molar-refractivity contribution is 1.25. The second kappa shape index (κ2) is 1.59. The second-order valence-corrected chi connectivity index (χ2v) is 2.13. The number of rotatable bonds is 0. The minimum Gasteiger partial charge on any atom is -0.289 e. The van der Waals surface area contributed by atoms with Crippen LogP contribution in [0, 0.1) is 4.77 Å². The highest BCUT2D eigenvalue weighted by molar-refractivity contribution is 7.71. The van der Waals surface area contributed by atoms with E-state index in [-0.39, 0.29) is 4.87 Å². The van der Waals surface area contributed by atoms with Crippen molar-refractivity contribution in [2.24, 2.45) is 0 Å². The molecule has 0 aliphatic heterocycles. The van der Waals surface area contributed by atoms with Crippen LogP contribution in [-0.2, 0) is 0 Å². The van der Waals surface area contributed by atoms with Crippen molar-refractivity contribution in [3.63, 3.8) is 0 Å². The first-order chi connectivity index (χ1) is 3.29. The van der Waals surface area contributed by atoms with Crippen molar-refractivity contribution >= 4 is 23.8 Å². The topological polar surface area (TPSA) is 48.6 Å². The highest BCUT2D eigenvalue weighted by Crippen LogP contribution is 1.74. The summed E-state index contributed by atoms with van der Waals surface area (Å²) in [4.78, 5) is 12.4. The third-order valence-electron chi connectivity index (χ3n) is 0.452. The van der Waals surface area contributed by atoms with Gasteiger partial charge in [0.05, 0.1) is 0 Å². The summed E-state index contributed by atoms with van der Waals surface area (Å²) in [7, 11) is 0.